The predicted molar refractivity (Wildman–Crippen MR) is 415 cm³/mol. The minimum Gasteiger partial charge on any atom is -0.768 e. The molecule has 3 amide bonds. The van der Waals surface area contributed by atoms with Gasteiger partial charge in [-0.2, -0.15) is 13.2 Å². The van der Waals surface area contributed by atoms with E-state index < -0.39 is 60.1 Å². The Morgan fingerprint density at radius 3 is 1.61 bits per heavy atom. The second-order valence-corrected chi connectivity index (χ2v) is 30.3. The van der Waals surface area contributed by atoms with Gasteiger partial charge in [0.1, 0.15) is 36.1 Å². The van der Waals surface area contributed by atoms with E-state index in [0.717, 1.165) is 59.3 Å². The number of aryl methyl sites for hydroxylation is 1. The van der Waals surface area contributed by atoms with Gasteiger partial charge in [0.25, 0.3) is 31.9 Å². The molecule has 4 aliphatic rings. The summed E-state index contributed by atoms with van der Waals surface area (Å²) in [4.78, 5) is 75.5. The second kappa shape index (κ2) is 36.7. The van der Waals surface area contributed by atoms with Gasteiger partial charge in [0.05, 0.1) is 26.6 Å². The number of hydrogen-bond acceptors (Lipinski definition) is 22. The summed E-state index contributed by atoms with van der Waals surface area (Å²) in [5.74, 6) is 0.175. The normalized spacial score (nSPS) is 15.7. The summed E-state index contributed by atoms with van der Waals surface area (Å²) in [5.41, 5.74) is 9.46. The Labute approximate surface area is 647 Å². The number of aliphatic hydroxyl groups is 1. The Hall–Kier alpha value is -10.0. The molecular formula is C72H85Cl3F3N16O11S3-. The number of halogens is 6. The molecule has 7 heterocycles. The third-order valence-corrected chi connectivity index (χ3v) is 22.1. The first-order valence-electron chi connectivity index (χ1n) is 33.7. The highest BCUT2D eigenvalue weighted by Gasteiger charge is 2.36. The average Bonchev–Trinajstić information content (AvgIpc) is 0.788. The molecule has 0 aliphatic carbocycles. The van der Waals surface area contributed by atoms with Crippen LogP contribution in [0.3, 0.4) is 0 Å². The number of anilines is 7. The molecule has 0 spiro atoms. The minimum atomic E-state index is -4.62. The largest absolute Gasteiger partial charge is 0.768 e. The van der Waals surface area contributed by atoms with Gasteiger partial charge in [0.2, 0.25) is 5.91 Å². The summed E-state index contributed by atoms with van der Waals surface area (Å²) in [7, 11) is -7.53. The molecule has 9 aromatic rings. The summed E-state index contributed by atoms with van der Waals surface area (Å²) in [6.45, 7) is 10.7. The molecule has 13 rings (SSSR count). The van der Waals surface area contributed by atoms with Gasteiger partial charge < -0.3 is 54.4 Å². The van der Waals surface area contributed by atoms with Crippen LogP contribution >= 0.6 is 34.8 Å². The number of nitrogens with zero attached hydrogens (tertiary/aromatic N) is 13. The molecule has 6 aromatic carbocycles. The van der Waals surface area contributed by atoms with Crippen molar-refractivity contribution in [2.45, 2.75) is 65.8 Å². The quantitative estimate of drug-likeness (QED) is 0.0615. The van der Waals surface area contributed by atoms with Gasteiger partial charge in [-0.1, -0.05) is 53.0 Å². The van der Waals surface area contributed by atoms with Crippen molar-refractivity contribution in [2.24, 2.45) is 0 Å². The third kappa shape index (κ3) is 21.4. The molecule has 3 unspecified atom stereocenters. The van der Waals surface area contributed by atoms with Crippen LogP contribution in [0.25, 0.3) is 0 Å². The number of carbonyl (C=O) groups excluding carboxylic acids is 3. The molecular weight excluding hydrogens is 1520 g/mol. The van der Waals surface area contributed by atoms with E-state index >= 15 is 0 Å². The fourth-order valence-corrected chi connectivity index (χ4v) is 15.1. The summed E-state index contributed by atoms with van der Waals surface area (Å²) in [5, 5.41) is 11.1. The van der Waals surface area contributed by atoms with Crippen LogP contribution in [0.15, 0.2) is 204 Å². The van der Waals surface area contributed by atoms with Gasteiger partial charge in [-0.15, -0.1) is 0 Å². The molecule has 580 valence electrons. The Balaban J connectivity index is 0.000000284. The van der Waals surface area contributed by atoms with Gasteiger partial charge in [-0.05, 0) is 171 Å². The number of aliphatic hydroxyl groups excluding tert-OH is 1. The van der Waals surface area contributed by atoms with Gasteiger partial charge in [-0.25, -0.2) is 41.8 Å². The number of aromatic nitrogens is 6. The number of nitrogen functional groups attached to an aromatic ring is 1. The second-order valence-electron chi connectivity index (χ2n) is 24.8. The van der Waals surface area contributed by atoms with Gasteiger partial charge in [-0.3, -0.25) is 33.0 Å². The van der Waals surface area contributed by atoms with Crippen LogP contribution in [0.1, 0.15) is 50.2 Å². The first-order valence-corrected chi connectivity index (χ1v) is 38.9. The molecule has 4 atom stereocenters. The van der Waals surface area contributed by atoms with E-state index in [9.17, 15) is 58.3 Å². The smallest absolute Gasteiger partial charge is 0.417 e. The number of amides is 3. The molecule has 3 aromatic heterocycles. The number of rotatable bonds is 17. The van der Waals surface area contributed by atoms with E-state index in [2.05, 4.69) is 54.0 Å². The van der Waals surface area contributed by atoms with E-state index in [4.69, 9.17) is 45.3 Å². The number of alkyl halides is 3. The highest BCUT2D eigenvalue weighted by Crippen LogP contribution is 2.38. The monoisotopic (exact) mass is 1610 g/mol. The molecule has 0 bridgehead atoms. The number of benzene rings is 6. The summed E-state index contributed by atoms with van der Waals surface area (Å²) < 4.78 is 122. The fraction of sp³-hybridized carbons (Fsp3) is 0.292. The Morgan fingerprint density at radius 1 is 0.593 bits per heavy atom. The number of sulfonamides is 2. The number of fused-ring (bicyclic) bond motifs is 1. The summed E-state index contributed by atoms with van der Waals surface area (Å²) in [6, 6.07) is 38.3. The van der Waals surface area contributed by atoms with E-state index in [-0.39, 0.29) is 63.0 Å². The number of carbonyl (C=O) groups is 3. The summed E-state index contributed by atoms with van der Waals surface area (Å²) >= 11 is 15.6. The number of nitrogens with two attached hydrogens (primary N) is 1. The fourth-order valence-electron chi connectivity index (χ4n) is 12.1. The lowest BCUT2D eigenvalue weighted by atomic mass is 10.00. The highest BCUT2D eigenvalue weighted by molar-refractivity contribution is 7.93. The minimum absolute atomic E-state index is 0. The van der Waals surface area contributed by atoms with Gasteiger partial charge in [0.15, 0.2) is 18.0 Å². The number of ether oxygens (including phenoxy) is 1. The van der Waals surface area contributed by atoms with E-state index in [1.165, 1.54) is 86.3 Å². The van der Waals surface area contributed by atoms with Crippen molar-refractivity contribution in [2.75, 3.05) is 120 Å². The van der Waals surface area contributed by atoms with Crippen LogP contribution in [-0.2, 0) is 58.1 Å². The van der Waals surface area contributed by atoms with E-state index in [1.807, 2.05) is 34.9 Å². The number of piperazine rings is 3. The topological polar surface area (TPSA) is 339 Å². The molecule has 3 saturated heterocycles. The molecule has 0 saturated carbocycles. The van der Waals surface area contributed by atoms with Crippen molar-refractivity contribution in [3.63, 3.8) is 0 Å². The molecule has 4 aliphatic heterocycles. The van der Waals surface area contributed by atoms with Crippen LogP contribution < -0.4 is 39.5 Å². The molecule has 108 heavy (non-hydrogen) atoms. The van der Waals surface area contributed by atoms with E-state index in [0.29, 0.717) is 94.9 Å². The zero-order valence-corrected chi connectivity index (χ0v) is 62.9. The summed E-state index contributed by atoms with van der Waals surface area (Å²) in [6.07, 6.45) is 5.05. The maximum Gasteiger partial charge on any atom is 0.417 e. The lowest BCUT2D eigenvalue weighted by Crippen LogP contribution is -2.55. The lowest BCUT2D eigenvalue weighted by Gasteiger charge is -2.41. The van der Waals surface area contributed by atoms with Crippen LogP contribution in [0.5, 0.6) is 5.75 Å². The Morgan fingerprint density at radius 2 is 1.12 bits per heavy atom. The lowest BCUT2D eigenvalue weighted by molar-refractivity contribution is -0.141. The zero-order chi connectivity index (χ0) is 77.3. The van der Waals surface area contributed by atoms with Crippen molar-refractivity contribution < 1.29 is 70.1 Å². The standard InChI is InChI=1S/C26H29ClN6O3S.C22H22ClN5O4S.C20H20ClF3N2O4S.C4H5N3.5H2/c1-19(33-12-2-3-20-17-21(27)4-9-24(20)33)26(34)32-15-13-31(14-16-32)22-5-7-23(8-6-22)37(35,36)30-25-18-28-10-11-29-25;23-19-4-2-1-3-18(19)21(29)22(30)28-13-11-27(12-14-28)16-5-7-17(8-6-16)33(31,32)26-20-9-10-24-15-25-20;1-13(30-15-4-7-18(21)17(12-15)20(22,23)24)19(27)26-10-8-25(9-11-26)14-2-5-16(6-3-14)31(28)29;5-4-1-2-6-3-7-4;;;;;/h4-11,17-19H,2-3,12-16H2,1H3,(H,29,30);1-10,15,21,29H,11-14H2,(H,24,25,26);2-7,12-13H,8-11H2,1H3,(H,28,29);1-3H,(H2,5,6,7);5*1H/p-1/t19-;;;;;;;;/m1......../s1. The Bertz CT molecular complexity index is 4810. The molecule has 5 N–H and O–H groups in total. The van der Waals surface area contributed by atoms with Crippen LogP contribution in [-0.4, -0.2) is 190 Å². The zero-order valence-electron chi connectivity index (χ0n) is 58.1. The first-order chi connectivity index (χ1) is 51.6. The van der Waals surface area contributed by atoms with Crippen molar-refractivity contribution in [1.82, 2.24) is 44.6 Å². The maximum atomic E-state index is 13.4. The Kier molecular flexibility index (Phi) is 27.4. The van der Waals surface area contributed by atoms with Crippen molar-refractivity contribution in [3.8, 4) is 5.75 Å². The molecule has 27 nitrogen and oxygen atoms in total. The number of hydrogen-bond donors (Lipinski definition) is 4. The van der Waals surface area contributed by atoms with Crippen LogP contribution in [0.2, 0.25) is 15.1 Å². The molecule has 0 radical (unpaired) electrons. The van der Waals surface area contributed by atoms with Crippen LogP contribution in [0.4, 0.5) is 53.4 Å². The average molecular weight is 1610 g/mol. The van der Waals surface area contributed by atoms with Crippen molar-refractivity contribution >= 4 is 124 Å². The maximum absolute atomic E-state index is 13.4. The highest BCUT2D eigenvalue weighted by atomic mass is 35.5. The van der Waals surface area contributed by atoms with Crippen LogP contribution in [0, 0.1) is 0 Å². The van der Waals surface area contributed by atoms with Gasteiger partial charge >= 0.3 is 6.18 Å². The number of nitrogens with one attached hydrogen (secondary N) is 2. The van der Waals surface area contributed by atoms with Crippen molar-refractivity contribution in [3.05, 3.63) is 221 Å². The SMILES string of the molecule is CC(Oc1ccc(Cl)c(C(F)(F)F)c1)C(=O)N1CCN(c2ccc(S(=O)[O-])cc2)CC1.C[C@H](C(=O)N1CCN(c2ccc(S(=O)(=O)Nc3cnccn3)cc2)CC1)N1CCCc2cc(Cl)ccc21.Nc1ccncn1.O=C(C(O)c1ccccc1Cl)N1CCN(c2ccc(S(=O)(=O)Nc3ccncn3)cc2)CC1.[HH].[HH].[HH].[HH].[HH]. The molecule has 36 heteroatoms. The third-order valence-electron chi connectivity index (χ3n) is 17.8. The molecule has 3 fully saturated rings. The predicted octanol–water partition coefficient (Wildman–Crippen LogP) is 10.7. The van der Waals surface area contributed by atoms with Crippen molar-refractivity contribution in [1.29, 1.82) is 0 Å². The van der Waals surface area contributed by atoms with E-state index in [1.54, 1.807) is 94.9 Å². The first kappa shape index (κ1) is 80.5. The van der Waals surface area contributed by atoms with Gasteiger partial charge in [0, 0.05) is 160 Å².